The van der Waals surface area contributed by atoms with E-state index < -0.39 is 17.7 Å². The highest BCUT2D eigenvalue weighted by Crippen LogP contribution is 2.29. The van der Waals surface area contributed by atoms with E-state index in [-0.39, 0.29) is 12.2 Å². The molecule has 132 valence electrons. The van der Waals surface area contributed by atoms with Gasteiger partial charge in [-0.3, -0.25) is 0 Å². The van der Waals surface area contributed by atoms with Crippen molar-refractivity contribution in [2.75, 3.05) is 18.5 Å². The summed E-state index contributed by atoms with van der Waals surface area (Å²) in [6.45, 7) is 0.591. The number of benzene rings is 2. The third kappa shape index (κ3) is 4.47. The average molecular weight is 346 g/mol. The molecule has 4 nitrogen and oxygen atoms in total. The number of nitrogens with one attached hydrogen (secondary N) is 2. The minimum Gasteiger partial charge on any atom is -0.491 e. The molecule has 0 saturated heterocycles. The minimum absolute atomic E-state index is 0.0723. The van der Waals surface area contributed by atoms with Crippen molar-refractivity contribution in [3.63, 3.8) is 0 Å². The first kappa shape index (κ1) is 17.2. The maximum Gasteiger partial charge on any atom is 0.319 e. The molecule has 0 aromatic heterocycles. The fraction of sp³-hybridized carbons (Fsp3) is 0.316. The van der Waals surface area contributed by atoms with Crippen molar-refractivity contribution in [2.24, 2.45) is 0 Å². The highest BCUT2D eigenvalue weighted by atomic mass is 19.1. The van der Waals surface area contributed by atoms with Crippen molar-refractivity contribution in [3.8, 4) is 5.75 Å². The van der Waals surface area contributed by atoms with Gasteiger partial charge in [-0.1, -0.05) is 12.1 Å². The van der Waals surface area contributed by atoms with E-state index in [1.165, 1.54) is 23.6 Å². The van der Waals surface area contributed by atoms with Gasteiger partial charge in [-0.25, -0.2) is 13.6 Å². The number of aryl methyl sites for hydroxylation is 1. The summed E-state index contributed by atoms with van der Waals surface area (Å²) in [5, 5.41) is 4.93. The summed E-state index contributed by atoms with van der Waals surface area (Å²) in [5.74, 6) is -0.644. The summed E-state index contributed by atoms with van der Waals surface area (Å²) >= 11 is 0. The Morgan fingerprint density at radius 2 is 1.96 bits per heavy atom. The van der Waals surface area contributed by atoms with E-state index in [0.29, 0.717) is 6.61 Å². The number of hydrogen-bond acceptors (Lipinski definition) is 2. The van der Waals surface area contributed by atoms with Gasteiger partial charge in [0.2, 0.25) is 0 Å². The van der Waals surface area contributed by atoms with E-state index in [1.807, 2.05) is 12.1 Å². The van der Waals surface area contributed by atoms with Gasteiger partial charge in [-0.15, -0.1) is 0 Å². The number of anilines is 1. The highest BCUT2D eigenvalue weighted by molar-refractivity contribution is 5.89. The van der Waals surface area contributed by atoms with Gasteiger partial charge in [-0.05, 0) is 55.0 Å². The second-order valence-electron chi connectivity index (χ2n) is 5.95. The highest BCUT2D eigenvalue weighted by Gasteiger charge is 2.13. The summed E-state index contributed by atoms with van der Waals surface area (Å²) in [7, 11) is 0. The van der Waals surface area contributed by atoms with Crippen molar-refractivity contribution in [2.45, 2.75) is 25.7 Å². The van der Waals surface area contributed by atoms with Gasteiger partial charge < -0.3 is 15.4 Å². The van der Waals surface area contributed by atoms with E-state index in [0.717, 1.165) is 37.1 Å². The molecule has 0 spiro atoms. The molecule has 2 aromatic rings. The summed E-state index contributed by atoms with van der Waals surface area (Å²) < 4.78 is 32.1. The Balaban J connectivity index is 1.46. The fourth-order valence-corrected chi connectivity index (χ4v) is 2.96. The summed E-state index contributed by atoms with van der Waals surface area (Å²) in [5.41, 5.74) is 2.52. The lowest BCUT2D eigenvalue weighted by Gasteiger charge is -2.19. The zero-order chi connectivity index (χ0) is 17.6. The molecular weight excluding hydrogens is 326 g/mol. The molecule has 0 bridgehead atoms. The van der Waals surface area contributed by atoms with Crippen LogP contribution in [0, 0.1) is 11.6 Å². The third-order valence-corrected chi connectivity index (χ3v) is 4.18. The van der Waals surface area contributed by atoms with Crippen LogP contribution in [0.2, 0.25) is 0 Å². The normalized spacial score (nSPS) is 13.0. The average Bonchev–Trinajstić information content (AvgIpc) is 2.61. The van der Waals surface area contributed by atoms with Crippen molar-refractivity contribution in [3.05, 3.63) is 59.2 Å². The van der Waals surface area contributed by atoms with E-state index in [9.17, 15) is 13.6 Å². The summed E-state index contributed by atoms with van der Waals surface area (Å²) in [6.07, 6.45) is 4.47. The largest absolute Gasteiger partial charge is 0.491 e. The van der Waals surface area contributed by atoms with Gasteiger partial charge in [0, 0.05) is 6.07 Å². The number of rotatable bonds is 5. The molecule has 6 heteroatoms. The van der Waals surface area contributed by atoms with E-state index in [4.69, 9.17) is 4.74 Å². The molecule has 3 rings (SSSR count). The maximum atomic E-state index is 13.5. The molecule has 0 radical (unpaired) electrons. The second-order valence-corrected chi connectivity index (χ2v) is 5.95. The van der Waals surface area contributed by atoms with Crippen LogP contribution >= 0.6 is 0 Å². The number of carbonyl (C=O) groups excluding carboxylic acids is 1. The molecule has 0 saturated carbocycles. The van der Waals surface area contributed by atoms with Crippen LogP contribution in [-0.4, -0.2) is 19.2 Å². The van der Waals surface area contributed by atoms with Crippen LogP contribution in [0.3, 0.4) is 0 Å². The number of amides is 2. The molecule has 2 N–H and O–H groups in total. The molecule has 1 aliphatic rings. The molecule has 0 atom stereocenters. The van der Waals surface area contributed by atoms with E-state index in [2.05, 4.69) is 16.7 Å². The Kier molecular flexibility index (Phi) is 5.48. The molecule has 1 aliphatic carbocycles. The monoisotopic (exact) mass is 346 g/mol. The SMILES string of the molecule is O=C(NCCOc1cccc2c1CCCC2)Nc1ccc(F)cc1F. The standard InChI is InChI=1S/C19H20F2N2O2/c20-14-8-9-17(16(21)12-14)23-19(24)22-10-11-25-18-7-3-5-13-4-1-2-6-15(13)18/h3,5,7-9,12H,1-2,4,6,10-11H2,(H2,22,23,24). The maximum absolute atomic E-state index is 13.5. The van der Waals surface area contributed by atoms with E-state index in [1.54, 1.807) is 0 Å². The van der Waals surface area contributed by atoms with Gasteiger partial charge in [0.15, 0.2) is 0 Å². The van der Waals surface area contributed by atoms with Crippen LogP contribution < -0.4 is 15.4 Å². The quantitative estimate of drug-likeness (QED) is 0.803. The van der Waals surface area contributed by atoms with Crippen molar-refractivity contribution in [1.82, 2.24) is 5.32 Å². The lowest BCUT2D eigenvalue weighted by molar-refractivity contribution is 0.247. The minimum atomic E-state index is -0.817. The lowest BCUT2D eigenvalue weighted by atomic mass is 9.91. The van der Waals surface area contributed by atoms with Crippen molar-refractivity contribution in [1.29, 1.82) is 0 Å². The molecule has 0 unspecified atom stereocenters. The number of halogens is 2. The molecule has 0 aliphatic heterocycles. The van der Waals surface area contributed by atoms with E-state index >= 15 is 0 Å². The third-order valence-electron chi connectivity index (χ3n) is 4.18. The number of carbonyl (C=O) groups is 1. The lowest BCUT2D eigenvalue weighted by Crippen LogP contribution is -2.32. The first-order chi connectivity index (χ1) is 12.1. The van der Waals surface area contributed by atoms with Gasteiger partial charge >= 0.3 is 6.03 Å². The number of hydrogen-bond donors (Lipinski definition) is 2. The second kappa shape index (κ2) is 7.96. The molecule has 2 amide bonds. The van der Waals surface area contributed by atoms with Crippen LogP contribution in [-0.2, 0) is 12.8 Å². The van der Waals surface area contributed by atoms with Crippen molar-refractivity contribution >= 4 is 11.7 Å². The van der Waals surface area contributed by atoms with Crippen LogP contribution in [0.15, 0.2) is 36.4 Å². The Morgan fingerprint density at radius 3 is 2.80 bits per heavy atom. The molecule has 0 heterocycles. The molecule has 0 fully saturated rings. The zero-order valence-electron chi connectivity index (χ0n) is 13.8. The van der Waals surface area contributed by atoms with Crippen LogP contribution in [0.1, 0.15) is 24.0 Å². The van der Waals surface area contributed by atoms with Crippen LogP contribution in [0.25, 0.3) is 0 Å². The topological polar surface area (TPSA) is 50.4 Å². The summed E-state index contributed by atoms with van der Waals surface area (Å²) in [4.78, 5) is 11.8. The summed E-state index contributed by atoms with van der Waals surface area (Å²) in [6, 6.07) is 8.47. The molecule has 25 heavy (non-hydrogen) atoms. The number of urea groups is 1. The first-order valence-electron chi connectivity index (χ1n) is 8.37. The smallest absolute Gasteiger partial charge is 0.319 e. The Hall–Kier alpha value is -2.63. The van der Waals surface area contributed by atoms with Gasteiger partial charge in [0.05, 0.1) is 12.2 Å². The van der Waals surface area contributed by atoms with Crippen LogP contribution in [0.4, 0.5) is 19.3 Å². The molecule has 2 aromatic carbocycles. The fourth-order valence-electron chi connectivity index (χ4n) is 2.96. The van der Waals surface area contributed by atoms with Gasteiger partial charge in [0.1, 0.15) is 24.0 Å². The van der Waals surface area contributed by atoms with Gasteiger partial charge in [-0.2, -0.15) is 0 Å². The Bertz CT molecular complexity index is 765. The Morgan fingerprint density at radius 1 is 1.12 bits per heavy atom. The van der Waals surface area contributed by atoms with Crippen molar-refractivity contribution < 1.29 is 18.3 Å². The van der Waals surface area contributed by atoms with Crippen LogP contribution in [0.5, 0.6) is 5.75 Å². The molecular formula is C19H20F2N2O2. The number of ether oxygens (including phenoxy) is 1. The first-order valence-corrected chi connectivity index (χ1v) is 8.37. The van der Waals surface area contributed by atoms with Gasteiger partial charge in [0.25, 0.3) is 0 Å². The number of fused-ring (bicyclic) bond motifs is 1. The Labute approximate surface area is 145 Å². The predicted octanol–water partition coefficient (Wildman–Crippen LogP) is 4.04. The predicted molar refractivity (Wildman–Crippen MR) is 92.0 cm³/mol. The zero-order valence-corrected chi connectivity index (χ0v) is 13.8.